The molecule has 2 aromatic heterocycles. The summed E-state index contributed by atoms with van der Waals surface area (Å²) in [6, 6.07) is 10.1. The van der Waals surface area contributed by atoms with Crippen LogP contribution in [-0.4, -0.2) is 41.0 Å². The molecule has 6 nitrogen and oxygen atoms in total. The lowest BCUT2D eigenvalue weighted by molar-refractivity contribution is 0.561. The number of pyridine rings is 1. The molecule has 3 aromatic rings. The van der Waals surface area contributed by atoms with Gasteiger partial charge in [-0.3, -0.25) is 0 Å². The second-order valence-corrected chi connectivity index (χ2v) is 6.15. The van der Waals surface area contributed by atoms with Crippen LogP contribution in [0, 0.1) is 6.92 Å². The summed E-state index contributed by atoms with van der Waals surface area (Å²) in [6.45, 7) is 2.05. The third kappa shape index (κ3) is 4.03. The van der Waals surface area contributed by atoms with Crippen molar-refractivity contribution in [2.75, 3.05) is 31.4 Å². The van der Waals surface area contributed by atoms with Gasteiger partial charge in [0.2, 0.25) is 0 Å². The van der Waals surface area contributed by atoms with Crippen molar-refractivity contribution in [3.63, 3.8) is 0 Å². The van der Waals surface area contributed by atoms with Crippen molar-refractivity contribution in [2.45, 2.75) is 6.92 Å². The van der Waals surface area contributed by atoms with Gasteiger partial charge in [-0.1, -0.05) is 6.07 Å². The van der Waals surface area contributed by atoms with Crippen LogP contribution >= 0.6 is 0 Å². The van der Waals surface area contributed by atoms with Crippen molar-refractivity contribution in [1.29, 1.82) is 0 Å². The molecule has 6 heteroatoms. The van der Waals surface area contributed by atoms with Gasteiger partial charge in [0.25, 0.3) is 0 Å². The largest absolute Gasteiger partial charge is 0.382 e. The molecule has 0 atom stereocenters. The van der Waals surface area contributed by atoms with Crippen molar-refractivity contribution < 1.29 is 0 Å². The maximum absolute atomic E-state index is 4.50. The van der Waals surface area contributed by atoms with Gasteiger partial charge in [-0.2, -0.15) is 0 Å². The van der Waals surface area contributed by atoms with E-state index in [4.69, 9.17) is 0 Å². The van der Waals surface area contributed by atoms with Gasteiger partial charge in [0.1, 0.15) is 18.0 Å². The minimum absolute atomic E-state index is 0.778. The van der Waals surface area contributed by atoms with Crippen molar-refractivity contribution in [2.24, 2.45) is 0 Å². The number of nitrogens with zero attached hydrogens (tertiary/aromatic N) is 5. The van der Waals surface area contributed by atoms with Gasteiger partial charge >= 0.3 is 0 Å². The monoisotopic (exact) mass is 334 g/mol. The van der Waals surface area contributed by atoms with E-state index in [1.165, 1.54) is 5.56 Å². The normalized spacial score (nSPS) is 11.0. The first-order valence-electron chi connectivity index (χ1n) is 8.05. The van der Waals surface area contributed by atoms with E-state index >= 15 is 0 Å². The lowest BCUT2D eigenvalue weighted by atomic mass is 10.1. The summed E-state index contributed by atoms with van der Waals surface area (Å²) < 4.78 is 0. The molecule has 1 N–H and O–H groups in total. The summed E-state index contributed by atoms with van der Waals surface area (Å²) in [7, 11) is 5.94. The lowest BCUT2D eigenvalue weighted by Crippen LogP contribution is -2.12. The molecule has 0 saturated heterocycles. The Morgan fingerprint density at radius 1 is 0.960 bits per heavy atom. The standard InChI is InChI=1S/C19H22N6/c1-14-5-7-16-17(11-14)21-13-22-19(16)23-15-6-8-18(20-12-15)25(4)10-9-24(2)3/h5-13H,1-4H3,(H,21,22,23)/b10-9-. The number of hydrogen-bond donors (Lipinski definition) is 1. The fourth-order valence-corrected chi connectivity index (χ4v) is 2.38. The average Bonchev–Trinajstić information content (AvgIpc) is 2.60. The zero-order chi connectivity index (χ0) is 17.8. The van der Waals surface area contributed by atoms with E-state index in [-0.39, 0.29) is 0 Å². The maximum Gasteiger partial charge on any atom is 0.141 e. The summed E-state index contributed by atoms with van der Waals surface area (Å²) >= 11 is 0. The van der Waals surface area contributed by atoms with Crippen molar-refractivity contribution in [3.05, 3.63) is 60.8 Å². The number of anilines is 3. The van der Waals surface area contributed by atoms with Gasteiger partial charge in [-0.05, 0) is 36.8 Å². The topological polar surface area (TPSA) is 57.2 Å². The fraction of sp³-hybridized carbons (Fsp3) is 0.211. The number of benzene rings is 1. The lowest BCUT2D eigenvalue weighted by Gasteiger charge is -2.15. The van der Waals surface area contributed by atoms with Gasteiger partial charge in [-0.25, -0.2) is 15.0 Å². The highest BCUT2D eigenvalue weighted by Gasteiger charge is 2.05. The maximum atomic E-state index is 4.50. The smallest absolute Gasteiger partial charge is 0.141 e. The minimum atomic E-state index is 0.778. The predicted octanol–water partition coefficient (Wildman–Crippen LogP) is 3.55. The van der Waals surface area contributed by atoms with E-state index in [0.717, 1.165) is 28.2 Å². The zero-order valence-corrected chi connectivity index (χ0v) is 14.9. The Labute approximate surface area is 147 Å². The Balaban J connectivity index is 1.80. The molecule has 0 aliphatic rings. The second-order valence-electron chi connectivity index (χ2n) is 6.15. The Morgan fingerprint density at radius 3 is 2.52 bits per heavy atom. The third-order valence-corrected chi connectivity index (χ3v) is 3.75. The van der Waals surface area contributed by atoms with Gasteiger partial charge in [0, 0.05) is 38.9 Å². The summed E-state index contributed by atoms with van der Waals surface area (Å²) in [4.78, 5) is 17.1. The van der Waals surface area contributed by atoms with E-state index in [0.29, 0.717) is 0 Å². The summed E-state index contributed by atoms with van der Waals surface area (Å²) in [5.74, 6) is 1.65. The van der Waals surface area contributed by atoms with Crippen molar-refractivity contribution in [1.82, 2.24) is 19.9 Å². The Bertz CT molecular complexity index is 886. The molecular weight excluding hydrogens is 312 g/mol. The van der Waals surface area contributed by atoms with Crippen LogP contribution in [0.15, 0.2) is 55.3 Å². The summed E-state index contributed by atoms with van der Waals surface area (Å²) in [6.07, 6.45) is 7.32. The molecule has 1 aromatic carbocycles. The third-order valence-electron chi connectivity index (χ3n) is 3.75. The van der Waals surface area contributed by atoms with Crippen LogP contribution in [0.2, 0.25) is 0 Å². The molecule has 0 spiro atoms. The summed E-state index contributed by atoms with van der Waals surface area (Å²) in [5, 5.41) is 4.31. The number of rotatable bonds is 5. The van der Waals surface area contributed by atoms with Crippen LogP contribution in [-0.2, 0) is 0 Å². The molecule has 0 bridgehead atoms. The van der Waals surface area contributed by atoms with E-state index in [2.05, 4.69) is 39.3 Å². The number of aromatic nitrogens is 3. The van der Waals surface area contributed by atoms with Crippen LogP contribution < -0.4 is 10.2 Å². The van der Waals surface area contributed by atoms with E-state index in [9.17, 15) is 0 Å². The molecule has 0 aliphatic carbocycles. The summed E-state index contributed by atoms with van der Waals surface area (Å²) in [5.41, 5.74) is 2.99. The highest BCUT2D eigenvalue weighted by Crippen LogP contribution is 2.24. The number of aryl methyl sites for hydroxylation is 1. The molecule has 128 valence electrons. The Hall–Kier alpha value is -3.15. The molecule has 25 heavy (non-hydrogen) atoms. The first-order chi connectivity index (χ1) is 12.0. The Kier molecular flexibility index (Phi) is 4.79. The molecule has 0 fully saturated rings. The first kappa shape index (κ1) is 16.7. The van der Waals surface area contributed by atoms with Crippen LogP contribution in [0.3, 0.4) is 0 Å². The molecule has 0 amide bonds. The van der Waals surface area contributed by atoms with Crippen LogP contribution in [0.4, 0.5) is 17.3 Å². The number of nitrogens with one attached hydrogen (secondary N) is 1. The predicted molar refractivity (Wildman–Crippen MR) is 103 cm³/mol. The van der Waals surface area contributed by atoms with Crippen molar-refractivity contribution in [3.8, 4) is 0 Å². The first-order valence-corrected chi connectivity index (χ1v) is 8.05. The highest BCUT2D eigenvalue weighted by atomic mass is 15.2. The minimum Gasteiger partial charge on any atom is -0.382 e. The van der Waals surface area contributed by atoms with Gasteiger partial charge in [0.05, 0.1) is 17.4 Å². The van der Waals surface area contributed by atoms with Gasteiger partial charge < -0.3 is 15.1 Å². The van der Waals surface area contributed by atoms with E-state index in [1.54, 1.807) is 12.5 Å². The second kappa shape index (κ2) is 7.17. The van der Waals surface area contributed by atoms with Gasteiger partial charge in [0.15, 0.2) is 0 Å². The highest BCUT2D eigenvalue weighted by molar-refractivity contribution is 5.90. The fourth-order valence-electron chi connectivity index (χ4n) is 2.38. The molecule has 0 aliphatic heterocycles. The Morgan fingerprint density at radius 2 is 1.80 bits per heavy atom. The molecule has 0 unspecified atom stereocenters. The van der Waals surface area contributed by atoms with Crippen LogP contribution in [0.1, 0.15) is 5.56 Å². The molecular formula is C19H22N6. The molecule has 0 saturated carbocycles. The van der Waals surface area contributed by atoms with Gasteiger partial charge in [-0.15, -0.1) is 0 Å². The average molecular weight is 334 g/mol. The van der Waals surface area contributed by atoms with Crippen molar-refractivity contribution >= 4 is 28.2 Å². The quantitative estimate of drug-likeness (QED) is 0.770. The number of fused-ring (bicyclic) bond motifs is 1. The van der Waals surface area contributed by atoms with E-state index in [1.807, 2.05) is 61.5 Å². The molecule has 0 radical (unpaired) electrons. The van der Waals surface area contributed by atoms with Crippen LogP contribution in [0.5, 0.6) is 0 Å². The zero-order valence-electron chi connectivity index (χ0n) is 14.9. The number of hydrogen-bond acceptors (Lipinski definition) is 6. The molecule has 3 rings (SSSR count). The van der Waals surface area contributed by atoms with E-state index < -0.39 is 0 Å². The molecule has 2 heterocycles. The SMILES string of the molecule is Cc1ccc2c(Nc3ccc(N(C)/C=C\N(C)C)nc3)ncnc2c1. The van der Waals surface area contributed by atoms with Crippen LogP contribution in [0.25, 0.3) is 10.9 Å².